The molecule has 0 radical (unpaired) electrons. The first-order valence-corrected chi connectivity index (χ1v) is 31.6. The van der Waals surface area contributed by atoms with Gasteiger partial charge in [-0.05, 0) is 135 Å². The molecule has 79 heavy (non-hydrogen) atoms. The largest absolute Gasteiger partial charge is 0.462 e. The SMILES string of the molecule is CC/C=C\C/C=C\C/C=C\C/C=C\C/C=C\C/C=C\C/C=C\C/C=C\C/C=C\CCCCCCCC(=O)OCC(COC(=O)CCCCCCCCCCC)OC(=O)CCCCC/C=C\C/C=C\C/C=C\C/C=C\C/C=C\CC. The molecule has 0 spiro atoms. The Morgan fingerprint density at radius 1 is 0.266 bits per heavy atom. The number of allylic oxidation sites excluding steroid dienone is 28. The highest BCUT2D eigenvalue weighted by Crippen LogP contribution is 2.13. The second kappa shape index (κ2) is 65.3. The molecule has 0 aliphatic heterocycles. The second-order valence-corrected chi connectivity index (χ2v) is 20.2. The Morgan fingerprint density at radius 2 is 0.494 bits per heavy atom. The van der Waals surface area contributed by atoms with E-state index in [0.717, 1.165) is 167 Å². The molecule has 1 atom stereocenters. The molecule has 0 aliphatic rings. The first-order chi connectivity index (χ1) is 39.0. The van der Waals surface area contributed by atoms with Crippen molar-refractivity contribution < 1.29 is 28.6 Å². The Kier molecular flexibility index (Phi) is 61.0. The molecule has 0 aromatic heterocycles. The number of hydrogen-bond acceptors (Lipinski definition) is 6. The molecule has 6 nitrogen and oxygen atoms in total. The zero-order valence-corrected chi connectivity index (χ0v) is 50.6. The number of unbranched alkanes of at least 4 members (excludes halogenated alkanes) is 16. The van der Waals surface area contributed by atoms with Crippen LogP contribution in [0.2, 0.25) is 0 Å². The van der Waals surface area contributed by atoms with E-state index >= 15 is 0 Å². The Balaban J connectivity index is 4.33. The summed E-state index contributed by atoms with van der Waals surface area (Å²) in [6, 6.07) is 0. The van der Waals surface area contributed by atoms with Crippen LogP contribution in [0.3, 0.4) is 0 Å². The predicted molar refractivity (Wildman–Crippen MR) is 343 cm³/mol. The third-order valence-corrected chi connectivity index (χ3v) is 12.7. The average molecular weight is 1090 g/mol. The van der Waals surface area contributed by atoms with Gasteiger partial charge in [-0.3, -0.25) is 14.4 Å². The van der Waals surface area contributed by atoms with Crippen molar-refractivity contribution in [2.45, 2.75) is 258 Å². The van der Waals surface area contributed by atoms with Crippen molar-refractivity contribution in [2.24, 2.45) is 0 Å². The Morgan fingerprint density at radius 3 is 0.785 bits per heavy atom. The van der Waals surface area contributed by atoms with E-state index in [4.69, 9.17) is 14.2 Å². The molecule has 0 amide bonds. The maximum Gasteiger partial charge on any atom is 0.306 e. The van der Waals surface area contributed by atoms with Crippen LogP contribution in [0.25, 0.3) is 0 Å². The number of carbonyl (C=O) groups excluding carboxylic acids is 3. The first-order valence-electron chi connectivity index (χ1n) is 31.6. The van der Waals surface area contributed by atoms with Crippen molar-refractivity contribution in [2.75, 3.05) is 13.2 Å². The van der Waals surface area contributed by atoms with Crippen molar-refractivity contribution in [1.82, 2.24) is 0 Å². The van der Waals surface area contributed by atoms with Gasteiger partial charge in [0, 0.05) is 19.3 Å². The smallest absolute Gasteiger partial charge is 0.306 e. The Labute approximate surface area is 485 Å². The van der Waals surface area contributed by atoms with E-state index in [9.17, 15) is 14.4 Å². The van der Waals surface area contributed by atoms with E-state index in [-0.39, 0.29) is 37.5 Å². The first kappa shape index (κ1) is 73.8. The number of esters is 3. The summed E-state index contributed by atoms with van der Waals surface area (Å²) in [5.74, 6) is -0.966. The Hall–Kier alpha value is -5.23. The number of hydrogen-bond donors (Lipinski definition) is 0. The third-order valence-electron chi connectivity index (χ3n) is 12.7. The minimum atomic E-state index is -0.810. The molecule has 0 N–H and O–H groups in total. The van der Waals surface area contributed by atoms with E-state index in [2.05, 4.69) is 191 Å². The standard InChI is InChI=1S/C73H114O6/c1-4-7-10-13-16-19-21-23-25-27-29-30-31-32-33-34-35-36-37-38-39-40-41-42-44-45-47-49-51-54-57-60-63-66-72(75)78-69-70(68-77-71(74)65-62-59-56-53-18-15-12-9-6-3)79-73(76)67-64-61-58-55-52-50-48-46-43-28-26-24-22-20-17-14-11-8-5-2/h7-8,10-11,16-17,19-20,23-26,29-30,32-33,35-36,38-39,41-43,45-47,50,52,70H,4-6,9,12-15,18,21-22,27-28,31,34,37,40,44,48-49,51,53-69H2,1-3H3/b10-7-,11-8-,19-16-,20-17-,25-23-,26-24-,30-29-,33-32-,36-35-,39-38-,42-41-,46-43-,47-45-,52-50-. The fraction of sp³-hybridized carbons (Fsp3) is 0.575. The normalized spacial score (nSPS) is 13.3. The molecular weight excluding hydrogens is 973 g/mol. The van der Waals surface area contributed by atoms with Crippen LogP contribution in [0.1, 0.15) is 252 Å². The maximum atomic E-state index is 12.9. The molecule has 0 saturated heterocycles. The number of carbonyl (C=O) groups is 3. The molecule has 0 fully saturated rings. The van der Waals surface area contributed by atoms with Crippen molar-refractivity contribution in [3.8, 4) is 0 Å². The number of rotatable bonds is 55. The zero-order chi connectivity index (χ0) is 57.1. The molecule has 1 unspecified atom stereocenters. The number of ether oxygens (including phenoxy) is 3. The molecule has 0 aromatic rings. The van der Waals surface area contributed by atoms with E-state index in [1.54, 1.807) is 0 Å². The fourth-order valence-electron chi connectivity index (χ4n) is 8.05. The average Bonchev–Trinajstić information content (AvgIpc) is 3.45. The van der Waals surface area contributed by atoms with Crippen LogP contribution in [0, 0.1) is 0 Å². The lowest BCUT2D eigenvalue weighted by atomic mass is 10.1. The Bertz CT molecular complexity index is 1820. The molecule has 0 saturated carbocycles. The molecule has 0 aromatic carbocycles. The summed E-state index contributed by atoms with van der Waals surface area (Å²) in [5, 5.41) is 0. The van der Waals surface area contributed by atoms with Gasteiger partial charge in [0.1, 0.15) is 13.2 Å². The van der Waals surface area contributed by atoms with Crippen LogP contribution in [0.5, 0.6) is 0 Å². The summed E-state index contributed by atoms with van der Waals surface area (Å²) in [5.41, 5.74) is 0. The summed E-state index contributed by atoms with van der Waals surface area (Å²) in [4.78, 5) is 38.1. The van der Waals surface area contributed by atoms with Crippen molar-refractivity contribution in [3.63, 3.8) is 0 Å². The fourth-order valence-corrected chi connectivity index (χ4v) is 8.05. The van der Waals surface area contributed by atoms with Gasteiger partial charge in [0.25, 0.3) is 0 Å². The van der Waals surface area contributed by atoms with Crippen LogP contribution < -0.4 is 0 Å². The van der Waals surface area contributed by atoms with Gasteiger partial charge in [0.15, 0.2) is 6.10 Å². The van der Waals surface area contributed by atoms with Crippen molar-refractivity contribution in [1.29, 1.82) is 0 Å². The summed E-state index contributed by atoms with van der Waals surface area (Å²) >= 11 is 0. The van der Waals surface area contributed by atoms with Crippen molar-refractivity contribution >= 4 is 17.9 Å². The van der Waals surface area contributed by atoms with Crippen LogP contribution in [0.15, 0.2) is 170 Å². The molecule has 0 rings (SSSR count). The molecular formula is C73H114O6. The third kappa shape index (κ3) is 63.5. The summed E-state index contributed by atoms with van der Waals surface area (Å²) < 4.78 is 16.8. The molecule has 6 heteroatoms. The van der Waals surface area contributed by atoms with Crippen LogP contribution in [-0.2, 0) is 28.6 Å². The van der Waals surface area contributed by atoms with Crippen LogP contribution in [-0.4, -0.2) is 37.2 Å². The van der Waals surface area contributed by atoms with Gasteiger partial charge in [0.05, 0.1) is 0 Å². The van der Waals surface area contributed by atoms with Gasteiger partial charge in [-0.1, -0.05) is 268 Å². The lowest BCUT2D eigenvalue weighted by Gasteiger charge is -2.18. The van der Waals surface area contributed by atoms with E-state index in [0.29, 0.717) is 19.3 Å². The second-order valence-electron chi connectivity index (χ2n) is 20.2. The molecule has 442 valence electrons. The minimum absolute atomic E-state index is 0.103. The van der Waals surface area contributed by atoms with Gasteiger partial charge in [-0.15, -0.1) is 0 Å². The van der Waals surface area contributed by atoms with Gasteiger partial charge in [-0.25, -0.2) is 0 Å². The van der Waals surface area contributed by atoms with Gasteiger partial charge >= 0.3 is 17.9 Å². The van der Waals surface area contributed by atoms with Gasteiger partial charge < -0.3 is 14.2 Å². The summed E-state index contributed by atoms with van der Waals surface area (Å²) in [6.07, 6.45) is 96.5. The zero-order valence-electron chi connectivity index (χ0n) is 50.6. The quantitative estimate of drug-likeness (QED) is 0.0261. The van der Waals surface area contributed by atoms with Gasteiger partial charge in [0.2, 0.25) is 0 Å². The minimum Gasteiger partial charge on any atom is -0.462 e. The molecule has 0 heterocycles. The highest BCUT2D eigenvalue weighted by atomic mass is 16.6. The lowest BCUT2D eigenvalue weighted by Crippen LogP contribution is -2.30. The molecule has 0 aliphatic carbocycles. The van der Waals surface area contributed by atoms with Gasteiger partial charge in [-0.2, -0.15) is 0 Å². The van der Waals surface area contributed by atoms with Crippen molar-refractivity contribution in [3.05, 3.63) is 170 Å². The monoisotopic (exact) mass is 1090 g/mol. The van der Waals surface area contributed by atoms with E-state index in [1.807, 2.05) is 0 Å². The van der Waals surface area contributed by atoms with Crippen LogP contribution >= 0.6 is 0 Å². The lowest BCUT2D eigenvalue weighted by molar-refractivity contribution is -0.167. The topological polar surface area (TPSA) is 78.9 Å². The highest BCUT2D eigenvalue weighted by Gasteiger charge is 2.19. The van der Waals surface area contributed by atoms with Crippen LogP contribution in [0.4, 0.5) is 0 Å². The van der Waals surface area contributed by atoms with E-state index in [1.165, 1.54) is 38.5 Å². The highest BCUT2D eigenvalue weighted by molar-refractivity contribution is 5.71. The molecule has 0 bridgehead atoms. The maximum absolute atomic E-state index is 12.9. The van der Waals surface area contributed by atoms with E-state index < -0.39 is 6.10 Å². The predicted octanol–water partition coefficient (Wildman–Crippen LogP) is 21.9. The summed E-state index contributed by atoms with van der Waals surface area (Å²) in [7, 11) is 0. The summed E-state index contributed by atoms with van der Waals surface area (Å²) in [6.45, 7) is 6.33.